The molecule has 10 heteroatoms. The van der Waals surface area contributed by atoms with Crippen molar-refractivity contribution in [3.05, 3.63) is 76.8 Å². The van der Waals surface area contributed by atoms with E-state index in [0.29, 0.717) is 22.3 Å². The van der Waals surface area contributed by atoms with Crippen molar-refractivity contribution in [1.29, 1.82) is 0 Å². The van der Waals surface area contributed by atoms with E-state index in [-0.39, 0.29) is 6.03 Å². The number of amides is 2. The lowest BCUT2D eigenvalue weighted by Gasteiger charge is -2.12. The molecule has 40 heavy (non-hydrogen) atoms. The van der Waals surface area contributed by atoms with Gasteiger partial charge in [-0.15, -0.1) is 0 Å². The highest BCUT2D eigenvalue weighted by Gasteiger charge is 2.20. The predicted molar refractivity (Wildman–Crippen MR) is 165 cm³/mol. The first-order chi connectivity index (χ1) is 19.4. The average molecular weight is 600 g/mol. The number of hydrogen-bond donors (Lipinski definition) is 2. The van der Waals surface area contributed by atoms with Crippen LogP contribution in [0.4, 0.5) is 10.5 Å². The summed E-state index contributed by atoms with van der Waals surface area (Å²) < 4.78 is 13.0. The number of unbranched alkanes of at least 4 members (excludes halogenated alkanes) is 1. The minimum Gasteiger partial charge on any atom is -0.497 e. The first kappa shape index (κ1) is 29.6. The van der Waals surface area contributed by atoms with E-state index in [9.17, 15) is 4.79 Å². The number of carbonyl (C=O) groups excluding carboxylic acids is 1. The Hall–Kier alpha value is -3.33. The zero-order chi connectivity index (χ0) is 28.5. The maximum Gasteiger partial charge on any atom is 0.319 e. The number of thioether (sulfide) groups is 1. The summed E-state index contributed by atoms with van der Waals surface area (Å²) in [5.41, 5.74) is 4.61. The molecule has 0 saturated carbocycles. The number of imidazole rings is 1. The fourth-order valence-corrected chi connectivity index (χ4v) is 5.70. The number of urea groups is 1. The van der Waals surface area contributed by atoms with Crippen LogP contribution < -0.4 is 20.1 Å². The number of nitrogens with one attached hydrogen (secondary N) is 2. The second-order valence-corrected chi connectivity index (χ2v) is 10.8. The van der Waals surface area contributed by atoms with Crippen molar-refractivity contribution in [2.45, 2.75) is 31.5 Å². The summed E-state index contributed by atoms with van der Waals surface area (Å²) in [6.45, 7) is 3.46. The molecule has 2 amide bonds. The summed E-state index contributed by atoms with van der Waals surface area (Å²) in [5.74, 6) is 2.48. The maximum absolute atomic E-state index is 12.2. The molecule has 210 valence electrons. The summed E-state index contributed by atoms with van der Waals surface area (Å²) in [6, 6.07) is 20.7. The van der Waals surface area contributed by atoms with E-state index in [0.717, 1.165) is 64.3 Å². The second kappa shape index (κ2) is 14.3. The number of ether oxygens (including phenoxy) is 2. The standard InChI is InChI=1S/C30H32Cl2N4O3S/c1-4-36-28(21-9-14-24(39-3)15-10-21)27(20-7-12-23(38-2)13-8-20)35-30(36)40-18-6-5-17-33-29(37)34-26-16-11-22(31)19-25(26)32/h7-16,19H,4-6,17-18H2,1-3H3,(H2,33,34,37). The Bertz CT molecular complexity index is 1430. The lowest BCUT2D eigenvalue weighted by molar-refractivity contribution is 0.252. The van der Waals surface area contributed by atoms with E-state index in [1.54, 1.807) is 44.2 Å². The van der Waals surface area contributed by atoms with Gasteiger partial charge in [-0.05, 0) is 86.5 Å². The molecule has 2 N–H and O–H groups in total. The predicted octanol–water partition coefficient (Wildman–Crippen LogP) is 8.26. The third-order valence-electron chi connectivity index (χ3n) is 6.24. The minimum atomic E-state index is -0.299. The van der Waals surface area contributed by atoms with E-state index < -0.39 is 0 Å². The summed E-state index contributed by atoms with van der Waals surface area (Å²) in [6.07, 6.45) is 1.75. The molecule has 0 aliphatic heterocycles. The molecule has 0 radical (unpaired) electrons. The molecule has 0 atom stereocenters. The van der Waals surface area contributed by atoms with Gasteiger partial charge in [0, 0.05) is 35.0 Å². The number of carbonyl (C=O) groups is 1. The van der Waals surface area contributed by atoms with Crippen molar-refractivity contribution >= 4 is 46.7 Å². The van der Waals surface area contributed by atoms with Crippen LogP contribution in [-0.2, 0) is 6.54 Å². The Morgan fingerprint density at radius 1 is 0.925 bits per heavy atom. The van der Waals surface area contributed by atoms with E-state index >= 15 is 0 Å². The van der Waals surface area contributed by atoms with Gasteiger partial charge in [0.15, 0.2) is 5.16 Å². The molecule has 7 nitrogen and oxygen atoms in total. The lowest BCUT2D eigenvalue weighted by atomic mass is 10.0. The number of hydrogen-bond acceptors (Lipinski definition) is 5. The number of methoxy groups -OCH3 is 2. The first-order valence-electron chi connectivity index (χ1n) is 13.0. The molecule has 0 saturated heterocycles. The van der Waals surface area contributed by atoms with Crippen molar-refractivity contribution in [3.8, 4) is 34.0 Å². The van der Waals surface area contributed by atoms with E-state index in [4.69, 9.17) is 37.7 Å². The van der Waals surface area contributed by atoms with Crippen LogP contribution in [0.5, 0.6) is 11.5 Å². The highest BCUT2D eigenvalue weighted by atomic mass is 35.5. The normalized spacial score (nSPS) is 10.8. The molecule has 1 heterocycles. The Morgan fingerprint density at radius 3 is 2.17 bits per heavy atom. The average Bonchev–Trinajstić information content (AvgIpc) is 3.34. The number of aromatic nitrogens is 2. The molecular formula is C30H32Cl2N4O3S. The van der Waals surface area contributed by atoms with Crippen molar-refractivity contribution in [2.75, 3.05) is 31.8 Å². The molecule has 0 fully saturated rings. The summed E-state index contributed by atoms with van der Waals surface area (Å²) in [5, 5.41) is 7.50. The molecule has 0 unspecified atom stereocenters. The van der Waals surface area contributed by atoms with Crippen LogP contribution in [0.25, 0.3) is 22.5 Å². The van der Waals surface area contributed by atoms with Gasteiger partial charge in [-0.25, -0.2) is 9.78 Å². The van der Waals surface area contributed by atoms with E-state index in [2.05, 4.69) is 34.3 Å². The van der Waals surface area contributed by atoms with Crippen molar-refractivity contribution in [3.63, 3.8) is 0 Å². The van der Waals surface area contributed by atoms with Crippen molar-refractivity contribution in [1.82, 2.24) is 14.9 Å². The summed E-state index contributed by atoms with van der Waals surface area (Å²) in [4.78, 5) is 17.3. The SMILES string of the molecule is CCn1c(SCCCCNC(=O)Nc2ccc(Cl)cc2Cl)nc(-c2ccc(OC)cc2)c1-c1ccc(OC)cc1. The second-order valence-electron chi connectivity index (χ2n) is 8.85. The minimum absolute atomic E-state index is 0.299. The van der Waals surface area contributed by atoms with Gasteiger partial charge in [0.1, 0.15) is 11.5 Å². The van der Waals surface area contributed by atoms with Crippen molar-refractivity contribution < 1.29 is 14.3 Å². The molecule has 4 aromatic rings. The van der Waals surface area contributed by atoms with Gasteiger partial charge in [0.2, 0.25) is 0 Å². The monoisotopic (exact) mass is 598 g/mol. The molecular weight excluding hydrogens is 567 g/mol. The van der Waals surface area contributed by atoms with Gasteiger partial charge in [-0.3, -0.25) is 0 Å². The van der Waals surface area contributed by atoms with Crippen LogP contribution in [0.2, 0.25) is 10.0 Å². The zero-order valence-corrected chi connectivity index (χ0v) is 25.0. The smallest absolute Gasteiger partial charge is 0.319 e. The quantitative estimate of drug-likeness (QED) is 0.127. The van der Waals surface area contributed by atoms with Crippen LogP contribution in [0, 0.1) is 0 Å². The van der Waals surface area contributed by atoms with Gasteiger partial charge in [0.25, 0.3) is 0 Å². The van der Waals surface area contributed by atoms with E-state index in [1.165, 1.54) is 0 Å². The highest BCUT2D eigenvalue weighted by Crippen LogP contribution is 2.37. The van der Waals surface area contributed by atoms with Crippen LogP contribution in [0.1, 0.15) is 19.8 Å². The number of benzene rings is 3. The zero-order valence-electron chi connectivity index (χ0n) is 22.7. The number of nitrogens with zero attached hydrogens (tertiary/aromatic N) is 2. The Labute approximate surface area is 249 Å². The molecule has 3 aromatic carbocycles. The first-order valence-corrected chi connectivity index (χ1v) is 14.7. The molecule has 4 rings (SSSR count). The highest BCUT2D eigenvalue weighted by molar-refractivity contribution is 7.99. The van der Waals surface area contributed by atoms with Gasteiger partial charge in [0.05, 0.1) is 36.3 Å². The number of anilines is 1. The van der Waals surface area contributed by atoms with Crippen LogP contribution in [-0.4, -0.2) is 42.1 Å². The summed E-state index contributed by atoms with van der Waals surface area (Å²) >= 11 is 13.8. The number of rotatable bonds is 12. The maximum atomic E-state index is 12.2. The van der Waals surface area contributed by atoms with Gasteiger partial charge in [-0.2, -0.15) is 0 Å². The fraction of sp³-hybridized carbons (Fsp3) is 0.267. The third-order valence-corrected chi connectivity index (χ3v) is 7.85. The van der Waals surface area contributed by atoms with Crippen LogP contribution in [0.15, 0.2) is 71.9 Å². The Morgan fingerprint density at radius 2 is 1.57 bits per heavy atom. The largest absolute Gasteiger partial charge is 0.497 e. The van der Waals surface area contributed by atoms with Crippen LogP contribution >= 0.6 is 35.0 Å². The molecule has 0 spiro atoms. The third kappa shape index (κ3) is 7.44. The van der Waals surface area contributed by atoms with Gasteiger partial charge >= 0.3 is 6.03 Å². The van der Waals surface area contributed by atoms with Crippen LogP contribution in [0.3, 0.4) is 0 Å². The number of halogens is 2. The van der Waals surface area contributed by atoms with Gasteiger partial charge < -0.3 is 24.7 Å². The lowest BCUT2D eigenvalue weighted by Crippen LogP contribution is -2.29. The fourth-order valence-electron chi connectivity index (χ4n) is 4.18. The van der Waals surface area contributed by atoms with E-state index in [1.807, 2.05) is 36.4 Å². The molecule has 0 aliphatic rings. The van der Waals surface area contributed by atoms with Crippen molar-refractivity contribution in [2.24, 2.45) is 0 Å². The topological polar surface area (TPSA) is 77.4 Å². The molecule has 1 aromatic heterocycles. The summed E-state index contributed by atoms with van der Waals surface area (Å²) in [7, 11) is 3.33. The molecule has 0 aliphatic carbocycles. The molecule has 0 bridgehead atoms. The Kier molecular flexibility index (Phi) is 10.6. The Balaban J connectivity index is 1.41. The van der Waals surface area contributed by atoms with Gasteiger partial charge in [-0.1, -0.05) is 35.0 Å².